The molecule has 2 aliphatic heterocycles. The number of hydrogen-bond acceptors (Lipinski definition) is 6. The van der Waals surface area contributed by atoms with Crippen LogP contribution in [0.25, 0.3) is 0 Å². The van der Waals surface area contributed by atoms with Crippen molar-refractivity contribution in [3.63, 3.8) is 0 Å². The molecule has 0 bridgehead atoms. The van der Waals surface area contributed by atoms with Crippen LogP contribution < -0.4 is 11.5 Å². The number of hydrogen-bond donors (Lipinski definition) is 2. The Morgan fingerprint density at radius 1 is 0.778 bits per heavy atom. The highest BCUT2D eigenvalue weighted by atomic mass is 16.8. The van der Waals surface area contributed by atoms with E-state index in [-0.39, 0.29) is 12.2 Å². The van der Waals surface area contributed by atoms with Crippen molar-refractivity contribution in [2.24, 2.45) is 11.5 Å². The minimum Gasteiger partial charge on any atom is -0.347 e. The van der Waals surface area contributed by atoms with E-state index in [0.29, 0.717) is 26.3 Å². The van der Waals surface area contributed by atoms with Crippen LogP contribution in [0.15, 0.2) is 0 Å². The normalized spacial score (nSPS) is 48.3. The maximum absolute atomic E-state index is 5.91. The third kappa shape index (κ3) is 2.17. The summed E-state index contributed by atoms with van der Waals surface area (Å²) in [6, 6.07) is 0. The lowest BCUT2D eigenvalue weighted by molar-refractivity contribution is -0.258. The molecule has 104 valence electrons. The van der Waals surface area contributed by atoms with Gasteiger partial charge in [0.25, 0.3) is 0 Å². The summed E-state index contributed by atoms with van der Waals surface area (Å²) >= 11 is 0. The molecular weight excluding hydrogens is 236 g/mol. The van der Waals surface area contributed by atoms with Crippen molar-refractivity contribution in [1.29, 1.82) is 0 Å². The summed E-state index contributed by atoms with van der Waals surface area (Å²) in [7, 11) is 0. The van der Waals surface area contributed by atoms with E-state index < -0.39 is 11.6 Å². The first-order valence-corrected chi connectivity index (χ1v) is 6.73. The first-order chi connectivity index (χ1) is 8.69. The topological polar surface area (TPSA) is 89.0 Å². The molecule has 18 heavy (non-hydrogen) atoms. The molecule has 0 amide bonds. The zero-order valence-electron chi connectivity index (χ0n) is 10.6. The zero-order valence-corrected chi connectivity index (χ0v) is 10.6. The quantitative estimate of drug-likeness (QED) is 0.707. The average Bonchev–Trinajstić information content (AvgIpc) is 2.99. The minimum absolute atomic E-state index is 0.0289. The molecule has 3 fully saturated rings. The van der Waals surface area contributed by atoms with Crippen molar-refractivity contribution in [2.45, 2.75) is 49.5 Å². The van der Waals surface area contributed by atoms with Crippen LogP contribution in [0, 0.1) is 0 Å². The largest absolute Gasteiger partial charge is 0.347 e. The van der Waals surface area contributed by atoms with E-state index in [1.807, 2.05) is 0 Å². The van der Waals surface area contributed by atoms with Crippen molar-refractivity contribution in [1.82, 2.24) is 0 Å². The second kappa shape index (κ2) is 4.70. The molecule has 6 heteroatoms. The molecule has 0 aromatic carbocycles. The molecule has 1 saturated carbocycles. The Balaban J connectivity index is 1.58. The lowest BCUT2D eigenvalue weighted by Gasteiger charge is -2.40. The molecule has 2 spiro atoms. The minimum atomic E-state index is -0.456. The van der Waals surface area contributed by atoms with Gasteiger partial charge < -0.3 is 30.4 Å². The highest BCUT2D eigenvalue weighted by Crippen LogP contribution is 2.45. The lowest BCUT2D eigenvalue weighted by Crippen LogP contribution is -2.45. The molecule has 6 nitrogen and oxygen atoms in total. The molecule has 1 aliphatic carbocycles. The Morgan fingerprint density at radius 3 is 1.44 bits per heavy atom. The van der Waals surface area contributed by atoms with E-state index in [2.05, 4.69) is 0 Å². The maximum atomic E-state index is 5.91. The molecule has 3 aliphatic rings. The number of rotatable bonds is 2. The molecule has 3 rings (SSSR count). The molecule has 4 N–H and O–H groups in total. The Kier molecular flexibility index (Phi) is 3.34. The van der Waals surface area contributed by atoms with Crippen molar-refractivity contribution in [2.75, 3.05) is 26.3 Å². The van der Waals surface area contributed by atoms with Crippen molar-refractivity contribution in [3.8, 4) is 0 Å². The molecule has 0 aromatic rings. The Hall–Kier alpha value is -0.240. The van der Waals surface area contributed by atoms with Gasteiger partial charge in [0, 0.05) is 38.8 Å². The van der Waals surface area contributed by atoms with Crippen LogP contribution in [0.4, 0.5) is 0 Å². The summed E-state index contributed by atoms with van der Waals surface area (Å²) < 4.78 is 23.4. The van der Waals surface area contributed by atoms with Crippen LogP contribution in [0.5, 0.6) is 0 Å². The Morgan fingerprint density at radius 2 is 1.17 bits per heavy atom. The third-order valence-corrected chi connectivity index (χ3v) is 4.13. The monoisotopic (exact) mass is 258 g/mol. The number of nitrogens with two attached hydrogens (primary N) is 2. The van der Waals surface area contributed by atoms with Crippen LogP contribution >= 0.6 is 0 Å². The van der Waals surface area contributed by atoms with E-state index in [1.165, 1.54) is 0 Å². The van der Waals surface area contributed by atoms with Gasteiger partial charge in [-0.05, 0) is 0 Å². The smallest absolute Gasteiger partial charge is 0.169 e. The van der Waals surface area contributed by atoms with E-state index in [4.69, 9.17) is 30.4 Å². The van der Waals surface area contributed by atoms with Gasteiger partial charge in [-0.1, -0.05) is 0 Å². The maximum Gasteiger partial charge on any atom is 0.169 e. The summed E-state index contributed by atoms with van der Waals surface area (Å²) in [5, 5.41) is 0. The van der Waals surface area contributed by atoms with Crippen LogP contribution in [-0.2, 0) is 18.9 Å². The summed E-state index contributed by atoms with van der Waals surface area (Å²) in [5.74, 6) is -0.911. The molecular formula is C12H22N2O4. The fourth-order valence-electron chi connectivity index (χ4n) is 3.00. The van der Waals surface area contributed by atoms with Crippen molar-refractivity contribution < 1.29 is 18.9 Å². The Bertz CT molecular complexity index is 274. The predicted molar refractivity (Wildman–Crippen MR) is 63.7 cm³/mol. The summed E-state index contributed by atoms with van der Waals surface area (Å²) in [5.41, 5.74) is 11.2. The van der Waals surface area contributed by atoms with Crippen LogP contribution in [0.3, 0.4) is 0 Å². The molecule has 2 unspecified atom stereocenters. The SMILES string of the molecule is NCC1COC2(CCC3(CC2)OCC(CN)O3)O1. The average molecular weight is 258 g/mol. The fraction of sp³-hybridized carbons (Fsp3) is 1.00. The van der Waals surface area contributed by atoms with Gasteiger partial charge in [0.2, 0.25) is 0 Å². The molecule has 2 saturated heterocycles. The highest BCUT2D eigenvalue weighted by molar-refractivity contribution is 4.92. The standard InChI is InChI=1S/C12H22N2O4/c13-5-9-7-15-11(17-9)1-2-12(4-3-11)16-8-10(6-14)18-12/h9-10H,1-8,13-14H2. The van der Waals surface area contributed by atoms with E-state index in [0.717, 1.165) is 25.7 Å². The van der Waals surface area contributed by atoms with Crippen LogP contribution in [-0.4, -0.2) is 50.1 Å². The van der Waals surface area contributed by atoms with Gasteiger partial charge in [0.05, 0.1) is 25.4 Å². The summed E-state index contributed by atoms with van der Waals surface area (Å²) in [6.07, 6.45) is 3.23. The molecule has 0 radical (unpaired) electrons. The van der Waals surface area contributed by atoms with E-state index in [9.17, 15) is 0 Å². The van der Waals surface area contributed by atoms with Crippen LogP contribution in [0.2, 0.25) is 0 Å². The molecule has 2 atom stereocenters. The van der Waals surface area contributed by atoms with Gasteiger partial charge in [0.1, 0.15) is 0 Å². The summed E-state index contributed by atoms with van der Waals surface area (Å²) in [6.45, 7) is 2.21. The fourth-order valence-corrected chi connectivity index (χ4v) is 3.00. The molecule has 0 aromatic heterocycles. The van der Waals surface area contributed by atoms with Gasteiger partial charge in [0.15, 0.2) is 11.6 Å². The summed E-state index contributed by atoms with van der Waals surface area (Å²) in [4.78, 5) is 0. The highest BCUT2D eigenvalue weighted by Gasteiger charge is 2.52. The van der Waals surface area contributed by atoms with Gasteiger partial charge in [-0.15, -0.1) is 0 Å². The van der Waals surface area contributed by atoms with Crippen molar-refractivity contribution in [3.05, 3.63) is 0 Å². The van der Waals surface area contributed by atoms with Crippen molar-refractivity contribution >= 4 is 0 Å². The lowest BCUT2D eigenvalue weighted by atomic mass is 9.89. The van der Waals surface area contributed by atoms with Crippen LogP contribution in [0.1, 0.15) is 25.7 Å². The van der Waals surface area contributed by atoms with E-state index in [1.54, 1.807) is 0 Å². The second-order valence-corrected chi connectivity index (χ2v) is 5.39. The predicted octanol–water partition coefficient (Wildman–Crippen LogP) is -0.299. The zero-order chi connectivity index (χ0) is 12.6. The second-order valence-electron chi connectivity index (χ2n) is 5.39. The van der Waals surface area contributed by atoms with Gasteiger partial charge in [-0.2, -0.15) is 0 Å². The first kappa shape index (κ1) is 12.8. The number of ether oxygens (including phenoxy) is 4. The Labute approximate surface area is 107 Å². The molecule has 2 heterocycles. The first-order valence-electron chi connectivity index (χ1n) is 6.73. The van der Waals surface area contributed by atoms with Gasteiger partial charge >= 0.3 is 0 Å². The van der Waals surface area contributed by atoms with E-state index >= 15 is 0 Å². The third-order valence-electron chi connectivity index (χ3n) is 4.13. The van der Waals surface area contributed by atoms with Gasteiger partial charge in [-0.3, -0.25) is 0 Å². The van der Waals surface area contributed by atoms with Gasteiger partial charge in [-0.25, -0.2) is 0 Å².